The van der Waals surface area contributed by atoms with Crippen LogP contribution >= 0.6 is 0 Å². The van der Waals surface area contributed by atoms with Crippen molar-refractivity contribution in [2.24, 2.45) is 5.73 Å². The molecule has 0 aromatic heterocycles. The van der Waals surface area contributed by atoms with Gasteiger partial charge in [-0.3, -0.25) is 9.59 Å². The Labute approximate surface area is 134 Å². The van der Waals surface area contributed by atoms with Gasteiger partial charge in [0.05, 0.1) is 6.42 Å². The van der Waals surface area contributed by atoms with Crippen molar-refractivity contribution in [2.45, 2.75) is 51.8 Å². The highest BCUT2D eigenvalue weighted by molar-refractivity contribution is 5.90. The fraction of sp³-hybridized carbons (Fsp3) is 0.571. The highest BCUT2D eigenvalue weighted by Gasteiger charge is 2.26. The number of carbonyl (C=O) groups excluding carboxylic acids is 3. The zero-order chi connectivity index (χ0) is 18.2. The molecule has 0 aromatic rings. The predicted octanol–water partition coefficient (Wildman–Crippen LogP) is -0.0994. The van der Waals surface area contributed by atoms with Gasteiger partial charge >= 0.3 is 12.1 Å². The Kier molecular flexibility index (Phi) is 7.78. The lowest BCUT2D eigenvalue weighted by Gasteiger charge is -2.23. The van der Waals surface area contributed by atoms with E-state index < -0.39 is 48.0 Å². The van der Waals surface area contributed by atoms with Crippen LogP contribution < -0.4 is 16.4 Å². The van der Waals surface area contributed by atoms with Gasteiger partial charge in [0, 0.05) is 12.1 Å². The van der Waals surface area contributed by atoms with Crippen molar-refractivity contribution in [1.29, 1.82) is 0 Å². The number of nitrogens with one attached hydrogen (secondary N) is 2. The fourth-order valence-electron chi connectivity index (χ4n) is 1.46. The van der Waals surface area contributed by atoms with Crippen molar-refractivity contribution in [3.05, 3.63) is 12.2 Å². The molecule has 23 heavy (non-hydrogen) atoms. The summed E-state index contributed by atoms with van der Waals surface area (Å²) in [5.74, 6) is -2.63. The number of hydrogen-bond acceptors (Lipinski definition) is 5. The lowest BCUT2D eigenvalue weighted by molar-refractivity contribution is -0.131. The van der Waals surface area contributed by atoms with E-state index in [1.54, 1.807) is 20.8 Å². The van der Waals surface area contributed by atoms with Crippen LogP contribution in [-0.2, 0) is 19.1 Å². The zero-order valence-corrected chi connectivity index (χ0v) is 13.6. The number of rotatable bonds is 7. The van der Waals surface area contributed by atoms with Gasteiger partial charge in [-0.15, -0.1) is 0 Å². The molecule has 0 bridgehead atoms. The molecule has 0 rings (SSSR count). The van der Waals surface area contributed by atoms with Gasteiger partial charge in [-0.25, -0.2) is 9.59 Å². The molecule has 2 unspecified atom stereocenters. The molecule has 0 fully saturated rings. The molecule has 2 atom stereocenters. The first-order valence-electron chi connectivity index (χ1n) is 6.90. The minimum Gasteiger partial charge on any atom is -0.478 e. The van der Waals surface area contributed by atoms with E-state index in [4.69, 9.17) is 15.6 Å². The summed E-state index contributed by atoms with van der Waals surface area (Å²) in [4.78, 5) is 45.2. The summed E-state index contributed by atoms with van der Waals surface area (Å²) >= 11 is 0. The van der Waals surface area contributed by atoms with Crippen LogP contribution in [0.4, 0.5) is 4.79 Å². The first-order chi connectivity index (χ1) is 10.4. The van der Waals surface area contributed by atoms with E-state index in [9.17, 15) is 19.2 Å². The van der Waals surface area contributed by atoms with Crippen LogP contribution in [0.2, 0.25) is 0 Å². The number of alkyl carbamates (subject to hydrolysis) is 1. The van der Waals surface area contributed by atoms with Gasteiger partial charge in [0.15, 0.2) is 0 Å². The number of hydrogen-bond donors (Lipinski definition) is 4. The number of ether oxygens (including phenoxy) is 1. The summed E-state index contributed by atoms with van der Waals surface area (Å²) < 4.78 is 5.01. The number of carboxylic acids is 1. The normalized spacial score (nSPS) is 13.9. The largest absolute Gasteiger partial charge is 0.478 e. The maximum absolute atomic E-state index is 12.1. The molecule has 0 saturated carbocycles. The number of primary amides is 1. The standard InChI is InChI=1S/C14H23N3O6/c1-8(5-6-11(19)20)16-12(21)9(7-10(15)18)17-13(22)23-14(2,3)4/h5-6,8-9H,7H2,1-4H3,(H2,15,18)(H,16,21)(H,17,22)(H,19,20)/b6-5+. The zero-order valence-electron chi connectivity index (χ0n) is 13.6. The Balaban J connectivity index is 4.82. The van der Waals surface area contributed by atoms with E-state index >= 15 is 0 Å². The predicted molar refractivity (Wildman–Crippen MR) is 81.3 cm³/mol. The SMILES string of the molecule is CC(/C=C/C(=O)O)NC(=O)C(CC(N)=O)NC(=O)OC(C)(C)C. The molecule has 130 valence electrons. The van der Waals surface area contributed by atoms with Gasteiger partial charge in [0.25, 0.3) is 0 Å². The molecular weight excluding hydrogens is 306 g/mol. The molecule has 5 N–H and O–H groups in total. The van der Waals surface area contributed by atoms with Crippen molar-refractivity contribution >= 4 is 23.9 Å². The van der Waals surface area contributed by atoms with E-state index in [0.717, 1.165) is 6.08 Å². The van der Waals surface area contributed by atoms with E-state index in [2.05, 4.69) is 10.6 Å². The average Bonchev–Trinajstić information content (AvgIpc) is 2.32. The highest BCUT2D eigenvalue weighted by Crippen LogP contribution is 2.07. The minimum atomic E-state index is -1.22. The second-order valence-corrected chi connectivity index (χ2v) is 5.86. The molecule has 0 aliphatic heterocycles. The molecule has 0 radical (unpaired) electrons. The van der Waals surface area contributed by atoms with Crippen LogP contribution in [-0.4, -0.2) is 46.7 Å². The summed E-state index contributed by atoms with van der Waals surface area (Å²) in [5.41, 5.74) is 4.29. The molecule has 0 heterocycles. The van der Waals surface area contributed by atoms with Gasteiger partial charge in [0.2, 0.25) is 11.8 Å². The van der Waals surface area contributed by atoms with Crippen LogP contribution in [0.25, 0.3) is 0 Å². The summed E-state index contributed by atoms with van der Waals surface area (Å²) in [6, 6.07) is -1.84. The van der Waals surface area contributed by atoms with Crippen LogP contribution in [0, 0.1) is 0 Å². The Morgan fingerprint density at radius 2 is 1.78 bits per heavy atom. The third kappa shape index (κ3) is 10.7. The van der Waals surface area contributed by atoms with Crippen molar-refractivity contribution < 1.29 is 29.0 Å². The molecular formula is C14H23N3O6. The maximum Gasteiger partial charge on any atom is 0.408 e. The second-order valence-electron chi connectivity index (χ2n) is 5.86. The summed E-state index contributed by atoms with van der Waals surface area (Å²) in [5, 5.41) is 13.2. The van der Waals surface area contributed by atoms with Gasteiger partial charge < -0.3 is 26.2 Å². The number of carboxylic acid groups (broad SMARTS) is 1. The van der Waals surface area contributed by atoms with E-state index in [-0.39, 0.29) is 0 Å². The minimum absolute atomic E-state index is 0.416. The smallest absolute Gasteiger partial charge is 0.408 e. The number of carbonyl (C=O) groups is 4. The van der Waals surface area contributed by atoms with Gasteiger partial charge in [-0.2, -0.15) is 0 Å². The Bertz CT molecular complexity index is 495. The van der Waals surface area contributed by atoms with Gasteiger partial charge in [0.1, 0.15) is 11.6 Å². The third-order valence-corrected chi connectivity index (χ3v) is 2.31. The average molecular weight is 329 g/mol. The molecule has 0 aromatic carbocycles. The van der Waals surface area contributed by atoms with E-state index in [0.29, 0.717) is 0 Å². The maximum atomic E-state index is 12.1. The Hall–Kier alpha value is -2.58. The number of amides is 3. The Morgan fingerprint density at radius 3 is 2.22 bits per heavy atom. The molecule has 9 nitrogen and oxygen atoms in total. The first-order valence-corrected chi connectivity index (χ1v) is 6.90. The van der Waals surface area contributed by atoms with Crippen molar-refractivity contribution in [3.63, 3.8) is 0 Å². The summed E-state index contributed by atoms with van der Waals surface area (Å²) in [7, 11) is 0. The van der Waals surface area contributed by atoms with Crippen molar-refractivity contribution in [3.8, 4) is 0 Å². The van der Waals surface area contributed by atoms with Crippen LogP contribution in [0.15, 0.2) is 12.2 Å². The summed E-state index contributed by atoms with van der Waals surface area (Å²) in [6.45, 7) is 6.48. The molecule has 9 heteroatoms. The molecule has 0 saturated heterocycles. The Morgan fingerprint density at radius 1 is 1.22 bits per heavy atom. The van der Waals surface area contributed by atoms with E-state index in [1.165, 1.54) is 13.0 Å². The molecule has 3 amide bonds. The fourth-order valence-corrected chi connectivity index (χ4v) is 1.46. The van der Waals surface area contributed by atoms with E-state index in [1.807, 2.05) is 0 Å². The van der Waals surface area contributed by atoms with Gasteiger partial charge in [-0.05, 0) is 27.7 Å². The quantitative estimate of drug-likeness (QED) is 0.479. The third-order valence-electron chi connectivity index (χ3n) is 2.31. The topological polar surface area (TPSA) is 148 Å². The number of aliphatic carboxylic acids is 1. The second kappa shape index (κ2) is 8.76. The monoisotopic (exact) mass is 329 g/mol. The van der Waals surface area contributed by atoms with Gasteiger partial charge in [-0.1, -0.05) is 6.08 Å². The van der Waals surface area contributed by atoms with Crippen molar-refractivity contribution in [1.82, 2.24) is 10.6 Å². The van der Waals surface area contributed by atoms with Crippen LogP contribution in [0.5, 0.6) is 0 Å². The van der Waals surface area contributed by atoms with Crippen molar-refractivity contribution in [2.75, 3.05) is 0 Å². The lowest BCUT2D eigenvalue weighted by Crippen LogP contribution is -2.51. The highest BCUT2D eigenvalue weighted by atomic mass is 16.6. The molecule has 0 spiro atoms. The van der Waals surface area contributed by atoms with Crippen LogP contribution in [0.1, 0.15) is 34.1 Å². The molecule has 0 aliphatic rings. The lowest BCUT2D eigenvalue weighted by atomic mass is 10.1. The molecule has 0 aliphatic carbocycles. The summed E-state index contributed by atoms with van der Waals surface area (Å²) in [6.07, 6.45) is 0.831. The first kappa shape index (κ1) is 20.4. The number of nitrogens with two attached hydrogens (primary N) is 1. The van der Waals surface area contributed by atoms with Crippen LogP contribution in [0.3, 0.4) is 0 Å².